The molecule has 104 valence electrons. The van der Waals surface area contributed by atoms with Gasteiger partial charge in [-0.1, -0.05) is 12.1 Å². The minimum absolute atomic E-state index is 0.303. The van der Waals surface area contributed by atoms with Crippen molar-refractivity contribution in [3.8, 4) is 11.1 Å². The van der Waals surface area contributed by atoms with Gasteiger partial charge in [0.05, 0.1) is 0 Å². The highest BCUT2D eigenvalue weighted by molar-refractivity contribution is 5.67. The molecule has 0 amide bonds. The molecule has 3 rings (SSSR count). The van der Waals surface area contributed by atoms with Crippen molar-refractivity contribution < 1.29 is 8.78 Å². The molecule has 0 bridgehead atoms. The van der Waals surface area contributed by atoms with Crippen molar-refractivity contribution >= 4 is 5.69 Å². The van der Waals surface area contributed by atoms with Crippen molar-refractivity contribution in [2.45, 2.75) is 0 Å². The Morgan fingerprint density at radius 3 is 2.30 bits per heavy atom. The zero-order valence-electron chi connectivity index (χ0n) is 11.1. The van der Waals surface area contributed by atoms with Gasteiger partial charge in [0.15, 0.2) is 0 Å². The van der Waals surface area contributed by atoms with E-state index in [-0.39, 0.29) is 0 Å². The Hall–Kier alpha value is -1.94. The summed E-state index contributed by atoms with van der Waals surface area (Å²) in [4.78, 5) is 2.28. The van der Waals surface area contributed by atoms with E-state index in [0.717, 1.165) is 44.0 Å². The summed E-state index contributed by atoms with van der Waals surface area (Å²) >= 11 is 0. The highest BCUT2D eigenvalue weighted by Crippen LogP contribution is 2.26. The van der Waals surface area contributed by atoms with Crippen LogP contribution in [0.25, 0.3) is 11.1 Å². The number of nitrogens with zero attached hydrogens (tertiary/aromatic N) is 1. The van der Waals surface area contributed by atoms with Crippen molar-refractivity contribution in [2.75, 3.05) is 31.1 Å². The van der Waals surface area contributed by atoms with Crippen LogP contribution in [0.15, 0.2) is 42.5 Å². The highest BCUT2D eigenvalue weighted by atomic mass is 19.1. The van der Waals surface area contributed by atoms with Gasteiger partial charge in [0.25, 0.3) is 0 Å². The topological polar surface area (TPSA) is 15.3 Å². The summed E-state index contributed by atoms with van der Waals surface area (Å²) in [5.74, 6) is -0.825. The lowest BCUT2D eigenvalue weighted by atomic mass is 10.0. The second-order valence-corrected chi connectivity index (χ2v) is 4.91. The van der Waals surface area contributed by atoms with Gasteiger partial charge in [-0.25, -0.2) is 8.78 Å². The van der Waals surface area contributed by atoms with Crippen LogP contribution < -0.4 is 10.2 Å². The van der Waals surface area contributed by atoms with Crippen LogP contribution in [0.2, 0.25) is 0 Å². The van der Waals surface area contributed by atoms with Crippen LogP contribution in [0, 0.1) is 11.6 Å². The van der Waals surface area contributed by atoms with Crippen LogP contribution in [0.5, 0.6) is 0 Å². The number of hydrogen-bond acceptors (Lipinski definition) is 2. The Kier molecular flexibility index (Phi) is 3.65. The summed E-state index contributed by atoms with van der Waals surface area (Å²) in [6, 6.07) is 11.1. The van der Waals surface area contributed by atoms with Gasteiger partial charge in [0.1, 0.15) is 11.6 Å². The van der Waals surface area contributed by atoms with Gasteiger partial charge in [-0.2, -0.15) is 0 Å². The summed E-state index contributed by atoms with van der Waals surface area (Å²) < 4.78 is 26.9. The van der Waals surface area contributed by atoms with Crippen molar-refractivity contribution in [2.24, 2.45) is 0 Å². The maximum Gasteiger partial charge on any atom is 0.131 e. The van der Waals surface area contributed by atoms with Gasteiger partial charge < -0.3 is 10.2 Å². The van der Waals surface area contributed by atoms with Gasteiger partial charge in [-0.15, -0.1) is 0 Å². The molecule has 0 saturated carbocycles. The quantitative estimate of drug-likeness (QED) is 0.905. The van der Waals surface area contributed by atoms with Crippen LogP contribution in [0.1, 0.15) is 0 Å². The fraction of sp³-hybridized carbons (Fsp3) is 0.250. The first-order chi connectivity index (χ1) is 9.74. The van der Waals surface area contributed by atoms with Crippen LogP contribution in [-0.4, -0.2) is 26.2 Å². The molecule has 2 nitrogen and oxygen atoms in total. The van der Waals surface area contributed by atoms with E-state index in [1.54, 1.807) is 0 Å². The molecule has 1 aliphatic rings. The lowest BCUT2D eigenvalue weighted by Crippen LogP contribution is -2.43. The Morgan fingerprint density at radius 2 is 1.60 bits per heavy atom. The van der Waals surface area contributed by atoms with E-state index in [2.05, 4.69) is 10.2 Å². The Morgan fingerprint density at radius 1 is 0.900 bits per heavy atom. The summed E-state index contributed by atoms with van der Waals surface area (Å²) in [6.45, 7) is 3.88. The van der Waals surface area contributed by atoms with E-state index >= 15 is 0 Å². The van der Waals surface area contributed by atoms with E-state index < -0.39 is 11.6 Å². The molecule has 2 aromatic rings. The molecule has 1 N–H and O–H groups in total. The molecule has 20 heavy (non-hydrogen) atoms. The number of halogens is 2. The third kappa shape index (κ3) is 2.65. The first-order valence-electron chi connectivity index (χ1n) is 6.75. The first-order valence-corrected chi connectivity index (χ1v) is 6.75. The molecule has 1 aliphatic heterocycles. The molecule has 0 spiro atoms. The third-order valence-electron chi connectivity index (χ3n) is 3.59. The van der Waals surface area contributed by atoms with E-state index in [4.69, 9.17) is 0 Å². The van der Waals surface area contributed by atoms with Crippen molar-refractivity contribution in [1.82, 2.24) is 5.32 Å². The SMILES string of the molecule is Fc1ccc(F)c(-c2ccc(N3CCNCC3)cc2)c1. The summed E-state index contributed by atoms with van der Waals surface area (Å²) in [7, 11) is 0. The number of nitrogens with one attached hydrogen (secondary N) is 1. The minimum Gasteiger partial charge on any atom is -0.369 e. The predicted molar refractivity (Wildman–Crippen MR) is 76.9 cm³/mol. The smallest absolute Gasteiger partial charge is 0.131 e. The lowest BCUT2D eigenvalue weighted by molar-refractivity contribution is 0.589. The summed E-state index contributed by atoms with van der Waals surface area (Å²) in [5.41, 5.74) is 2.12. The summed E-state index contributed by atoms with van der Waals surface area (Å²) in [5, 5.41) is 3.30. The minimum atomic E-state index is -0.424. The molecule has 0 atom stereocenters. The zero-order chi connectivity index (χ0) is 13.9. The van der Waals surface area contributed by atoms with E-state index in [1.165, 1.54) is 6.07 Å². The second-order valence-electron chi connectivity index (χ2n) is 4.91. The fourth-order valence-corrected chi connectivity index (χ4v) is 2.49. The van der Waals surface area contributed by atoms with Crippen molar-refractivity contribution in [3.05, 3.63) is 54.1 Å². The van der Waals surface area contributed by atoms with Gasteiger partial charge in [-0.05, 0) is 35.9 Å². The van der Waals surface area contributed by atoms with Crippen LogP contribution in [-0.2, 0) is 0 Å². The van der Waals surface area contributed by atoms with Crippen molar-refractivity contribution in [3.63, 3.8) is 0 Å². The fourth-order valence-electron chi connectivity index (χ4n) is 2.49. The Labute approximate surface area is 117 Å². The maximum absolute atomic E-state index is 13.7. The monoisotopic (exact) mass is 274 g/mol. The molecule has 0 aromatic heterocycles. The number of rotatable bonds is 2. The van der Waals surface area contributed by atoms with Crippen LogP contribution in [0.4, 0.5) is 14.5 Å². The maximum atomic E-state index is 13.7. The molecule has 0 unspecified atom stereocenters. The molecular weight excluding hydrogens is 258 g/mol. The lowest BCUT2D eigenvalue weighted by Gasteiger charge is -2.29. The normalized spacial score (nSPS) is 15.4. The molecule has 1 saturated heterocycles. The first kappa shape index (κ1) is 13.1. The number of anilines is 1. The standard InChI is InChI=1S/C16H16F2N2/c17-13-3-6-16(18)15(11-13)12-1-4-14(5-2-12)20-9-7-19-8-10-20/h1-6,11,19H,7-10H2. The third-order valence-corrected chi connectivity index (χ3v) is 3.59. The Bertz CT molecular complexity index is 590. The van der Waals surface area contributed by atoms with Gasteiger partial charge in [0, 0.05) is 37.4 Å². The average molecular weight is 274 g/mol. The van der Waals surface area contributed by atoms with Crippen molar-refractivity contribution in [1.29, 1.82) is 0 Å². The van der Waals surface area contributed by atoms with E-state index in [9.17, 15) is 8.78 Å². The number of benzene rings is 2. The van der Waals surface area contributed by atoms with Gasteiger partial charge >= 0.3 is 0 Å². The second kappa shape index (κ2) is 5.59. The molecule has 2 aromatic carbocycles. The summed E-state index contributed by atoms with van der Waals surface area (Å²) in [6.07, 6.45) is 0. The molecule has 4 heteroatoms. The predicted octanol–water partition coefficient (Wildman–Crippen LogP) is 3.04. The van der Waals surface area contributed by atoms with E-state index in [1.807, 2.05) is 24.3 Å². The van der Waals surface area contributed by atoms with Crippen LogP contribution >= 0.6 is 0 Å². The van der Waals surface area contributed by atoms with Crippen LogP contribution in [0.3, 0.4) is 0 Å². The molecule has 1 fully saturated rings. The zero-order valence-corrected chi connectivity index (χ0v) is 11.1. The highest BCUT2D eigenvalue weighted by Gasteiger charge is 2.11. The molecule has 0 aliphatic carbocycles. The average Bonchev–Trinajstić information content (AvgIpc) is 2.51. The van der Waals surface area contributed by atoms with Gasteiger partial charge in [-0.3, -0.25) is 0 Å². The van der Waals surface area contributed by atoms with E-state index in [0.29, 0.717) is 11.1 Å². The number of piperazine rings is 1. The molecule has 0 radical (unpaired) electrons. The Balaban J connectivity index is 1.87. The largest absolute Gasteiger partial charge is 0.369 e. The molecular formula is C16H16F2N2. The van der Waals surface area contributed by atoms with Gasteiger partial charge in [0.2, 0.25) is 0 Å². The number of hydrogen-bond donors (Lipinski definition) is 1. The molecule has 1 heterocycles.